The first kappa shape index (κ1) is 9.97. The van der Waals surface area contributed by atoms with E-state index in [1.54, 1.807) is 0 Å². The molecule has 3 heteroatoms. The summed E-state index contributed by atoms with van der Waals surface area (Å²) in [5.74, 6) is 1.21. The molecule has 1 amide bonds. The van der Waals surface area contributed by atoms with Crippen LogP contribution in [-0.4, -0.2) is 28.9 Å². The van der Waals surface area contributed by atoms with Gasteiger partial charge in [0.1, 0.15) is 0 Å². The number of hydrogen-bond donors (Lipinski definition) is 1. The van der Waals surface area contributed by atoms with Crippen LogP contribution in [0.5, 0.6) is 0 Å². The third-order valence-corrected chi connectivity index (χ3v) is 3.96. The van der Waals surface area contributed by atoms with Gasteiger partial charge in [-0.15, -0.1) is 0 Å². The Morgan fingerprint density at radius 1 is 1.50 bits per heavy atom. The number of nitrogens with zero attached hydrogens (tertiary/aromatic N) is 1. The molecule has 1 saturated heterocycles. The van der Waals surface area contributed by atoms with Gasteiger partial charge in [-0.3, -0.25) is 4.79 Å². The van der Waals surface area contributed by atoms with Crippen molar-refractivity contribution in [1.82, 2.24) is 4.90 Å². The lowest BCUT2D eigenvalue weighted by atomic mass is 9.96. The maximum absolute atomic E-state index is 12.0. The SMILES string of the molecule is CC1CC1C(=O)N1CCC(N)C1(C)C. The minimum atomic E-state index is -0.139. The van der Waals surface area contributed by atoms with E-state index in [4.69, 9.17) is 5.73 Å². The van der Waals surface area contributed by atoms with Crippen molar-refractivity contribution in [2.75, 3.05) is 6.54 Å². The molecule has 0 aromatic heterocycles. The highest BCUT2D eigenvalue weighted by atomic mass is 16.2. The van der Waals surface area contributed by atoms with Crippen molar-refractivity contribution in [3.63, 3.8) is 0 Å². The van der Waals surface area contributed by atoms with Crippen LogP contribution >= 0.6 is 0 Å². The fraction of sp³-hybridized carbons (Fsp3) is 0.909. The summed E-state index contributed by atoms with van der Waals surface area (Å²) >= 11 is 0. The number of likely N-dealkylation sites (tertiary alicyclic amines) is 1. The van der Waals surface area contributed by atoms with Gasteiger partial charge in [-0.25, -0.2) is 0 Å². The Balaban J connectivity index is 2.08. The predicted octanol–water partition coefficient (Wildman–Crippen LogP) is 0.981. The standard InChI is InChI=1S/C11H20N2O/c1-7-6-8(7)10(14)13-5-4-9(12)11(13,2)3/h7-9H,4-6,12H2,1-3H3. The lowest BCUT2D eigenvalue weighted by Gasteiger charge is -2.34. The highest BCUT2D eigenvalue weighted by molar-refractivity contribution is 5.82. The van der Waals surface area contributed by atoms with Gasteiger partial charge in [-0.2, -0.15) is 0 Å². The second kappa shape index (κ2) is 2.96. The molecule has 3 unspecified atom stereocenters. The quantitative estimate of drug-likeness (QED) is 0.679. The third kappa shape index (κ3) is 1.34. The van der Waals surface area contributed by atoms with E-state index < -0.39 is 0 Å². The maximum atomic E-state index is 12.0. The van der Waals surface area contributed by atoms with Crippen molar-refractivity contribution in [2.24, 2.45) is 17.6 Å². The first-order chi connectivity index (χ1) is 6.44. The van der Waals surface area contributed by atoms with Crippen LogP contribution in [0.1, 0.15) is 33.6 Å². The average Bonchev–Trinajstić information content (AvgIpc) is 2.75. The van der Waals surface area contributed by atoms with Gasteiger partial charge in [-0.05, 0) is 32.6 Å². The second-order valence-corrected chi connectivity index (χ2v) is 5.36. The van der Waals surface area contributed by atoms with E-state index in [0.29, 0.717) is 17.7 Å². The minimum absolute atomic E-state index is 0.139. The molecule has 3 nitrogen and oxygen atoms in total. The average molecular weight is 196 g/mol. The summed E-state index contributed by atoms with van der Waals surface area (Å²) < 4.78 is 0. The highest BCUT2D eigenvalue weighted by Crippen LogP contribution is 2.42. The van der Waals surface area contributed by atoms with E-state index in [9.17, 15) is 4.79 Å². The summed E-state index contributed by atoms with van der Waals surface area (Å²) in [5, 5.41) is 0. The molecule has 2 fully saturated rings. The number of carbonyl (C=O) groups excluding carboxylic acids is 1. The Morgan fingerprint density at radius 2 is 2.07 bits per heavy atom. The topological polar surface area (TPSA) is 46.3 Å². The van der Waals surface area contributed by atoms with Crippen LogP contribution in [-0.2, 0) is 4.79 Å². The molecule has 14 heavy (non-hydrogen) atoms. The second-order valence-electron chi connectivity index (χ2n) is 5.36. The first-order valence-corrected chi connectivity index (χ1v) is 5.51. The molecule has 0 bridgehead atoms. The summed E-state index contributed by atoms with van der Waals surface area (Å²) in [7, 11) is 0. The molecule has 2 aliphatic rings. The smallest absolute Gasteiger partial charge is 0.226 e. The van der Waals surface area contributed by atoms with Gasteiger partial charge in [0.05, 0.1) is 5.54 Å². The Hall–Kier alpha value is -0.570. The molecular formula is C11H20N2O. The molecule has 0 aromatic carbocycles. The molecule has 3 atom stereocenters. The lowest BCUT2D eigenvalue weighted by molar-refractivity contribution is -0.136. The maximum Gasteiger partial charge on any atom is 0.226 e. The van der Waals surface area contributed by atoms with Gasteiger partial charge < -0.3 is 10.6 Å². The van der Waals surface area contributed by atoms with Crippen LogP contribution in [0.2, 0.25) is 0 Å². The minimum Gasteiger partial charge on any atom is -0.336 e. The van der Waals surface area contributed by atoms with E-state index in [2.05, 4.69) is 20.8 Å². The van der Waals surface area contributed by atoms with Crippen molar-refractivity contribution in [3.05, 3.63) is 0 Å². The van der Waals surface area contributed by atoms with Crippen LogP contribution in [0.4, 0.5) is 0 Å². The first-order valence-electron chi connectivity index (χ1n) is 5.51. The van der Waals surface area contributed by atoms with Crippen molar-refractivity contribution in [3.8, 4) is 0 Å². The molecule has 1 saturated carbocycles. The van der Waals surface area contributed by atoms with Crippen LogP contribution in [0.25, 0.3) is 0 Å². The third-order valence-electron chi connectivity index (χ3n) is 3.96. The number of carbonyl (C=O) groups is 1. The van der Waals surface area contributed by atoms with Gasteiger partial charge in [-0.1, -0.05) is 6.92 Å². The van der Waals surface area contributed by atoms with Crippen molar-refractivity contribution in [2.45, 2.75) is 45.2 Å². The van der Waals surface area contributed by atoms with Crippen LogP contribution in [0.3, 0.4) is 0 Å². The zero-order valence-electron chi connectivity index (χ0n) is 9.29. The molecule has 0 spiro atoms. The monoisotopic (exact) mass is 196 g/mol. The Labute approximate surface area is 85.6 Å². The fourth-order valence-electron chi connectivity index (χ4n) is 2.37. The molecule has 0 aromatic rings. The fourth-order valence-corrected chi connectivity index (χ4v) is 2.37. The zero-order chi connectivity index (χ0) is 10.5. The summed E-state index contributed by atoms with van der Waals surface area (Å²) in [6, 6.07) is 0.139. The van der Waals surface area contributed by atoms with Crippen molar-refractivity contribution >= 4 is 5.91 Å². The highest BCUT2D eigenvalue weighted by Gasteiger charge is 2.48. The van der Waals surface area contributed by atoms with Crippen molar-refractivity contribution in [1.29, 1.82) is 0 Å². The zero-order valence-corrected chi connectivity index (χ0v) is 9.29. The van der Waals surface area contributed by atoms with Crippen LogP contribution < -0.4 is 5.73 Å². The van der Waals surface area contributed by atoms with Gasteiger partial charge in [0.15, 0.2) is 0 Å². The van der Waals surface area contributed by atoms with E-state index in [1.165, 1.54) is 0 Å². The molecular weight excluding hydrogens is 176 g/mol. The summed E-state index contributed by atoms with van der Waals surface area (Å²) in [6.07, 6.45) is 2.01. The molecule has 1 aliphatic carbocycles. The predicted molar refractivity (Wildman–Crippen MR) is 55.7 cm³/mol. The Bertz CT molecular complexity index is 262. The normalized spacial score (nSPS) is 40.0. The summed E-state index contributed by atoms with van der Waals surface area (Å²) in [5.41, 5.74) is 5.86. The van der Waals surface area contributed by atoms with E-state index in [0.717, 1.165) is 19.4 Å². The number of rotatable bonds is 1. The van der Waals surface area contributed by atoms with E-state index in [-0.39, 0.29) is 11.6 Å². The molecule has 2 rings (SSSR count). The lowest BCUT2D eigenvalue weighted by Crippen LogP contribution is -2.51. The van der Waals surface area contributed by atoms with Gasteiger partial charge in [0, 0.05) is 18.5 Å². The molecule has 0 radical (unpaired) electrons. The van der Waals surface area contributed by atoms with Crippen LogP contribution in [0.15, 0.2) is 0 Å². The van der Waals surface area contributed by atoms with Gasteiger partial charge in [0.25, 0.3) is 0 Å². The van der Waals surface area contributed by atoms with E-state index >= 15 is 0 Å². The van der Waals surface area contributed by atoms with Gasteiger partial charge >= 0.3 is 0 Å². The van der Waals surface area contributed by atoms with Crippen LogP contribution in [0, 0.1) is 11.8 Å². The molecule has 80 valence electrons. The number of amides is 1. The van der Waals surface area contributed by atoms with E-state index in [1.807, 2.05) is 4.90 Å². The number of hydrogen-bond acceptors (Lipinski definition) is 2. The molecule has 1 heterocycles. The Morgan fingerprint density at radius 3 is 2.43 bits per heavy atom. The number of nitrogens with two attached hydrogens (primary N) is 1. The molecule has 2 N–H and O–H groups in total. The largest absolute Gasteiger partial charge is 0.336 e. The van der Waals surface area contributed by atoms with Gasteiger partial charge in [0.2, 0.25) is 5.91 Å². The van der Waals surface area contributed by atoms with Crippen molar-refractivity contribution < 1.29 is 4.79 Å². The molecule has 1 aliphatic heterocycles. The Kier molecular flexibility index (Phi) is 2.11. The summed E-state index contributed by atoms with van der Waals surface area (Å²) in [4.78, 5) is 14.0. The summed E-state index contributed by atoms with van der Waals surface area (Å²) in [6.45, 7) is 7.15.